The molecular weight excluding hydrogens is 156 g/mol. The van der Waals surface area contributed by atoms with Gasteiger partial charge < -0.3 is 0 Å². The van der Waals surface area contributed by atoms with Crippen molar-refractivity contribution in [3.63, 3.8) is 0 Å². The second kappa shape index (κ2) is 6.34. The lowest BCUT2D eigenvalue weighted by Crippen LogP contribution is -2.04. The minimum absolute atomic E-state index is 0.0610. The van der Waals surface area contributed by atoms with Gasteiger partial charge in [-0.25, -0.2) is 0 Å². The Morgan fingerprint density at radius 1 is 1.00 bits per heavy atom. The zero-order chi connectivity index (χ0) is 9.40. The summed E-state index contributed by atoms with van der Waals surface area (Å²) in [7, 11) is 0. The van der Waals surface area contributed by atoms with Gasteiger partial charge in [0.2, 0.25) is 9.82 Å². The normalized spacial score (nSPS) is 13.8. The van der Waals surface area contributed by atoms with Crippen molar-refractivity contribution in [3.05, 3.63) is 0 Å². The first-order chi connectivity index (χ1) is 5.70. The highest BCUT2D eigenvalue weighted by molar-refractivity contribution is 4.62. The molecule has 0 aliphatic heterocycles. The van der Waals surface area contributed by atoms with Gasteiger partial charge in [-0.05, 0) is 26.7 Å². The van der Waals surface area contributed by atoms with Crippen molar-refractivity contribution in [2.75, 3.05) is 0 Å². The Morgan fingerprint density at radius 3 is 1.58 bits per heavy atom. The van der Waals surface area contributed by atoms with Gasteiger partial charge in [0.25, 0.3) is 0 Å². The van der Waals surface area contributed by atoms with E-state index in [1.165, 1.54) is 0 Å². The first kappa shape index (κ1) is 10.6. The van der Waals surface area contributed by atoms with Gasteiger partial charge in [-0.2, -0.15) is 0 Å². The molecule has 0 saturated carbocycles. The van der Waals surface area contributed by atoms with E-state index in [-0.39, 0.29) is 12.1 Å². The van der Waals surface area contributed by atoms with Crippen LogP contribution in [0.4, 0.5) is 0 Å². The van der Waals surface area contributed by atoms with E-state index in [0.717, 1.165) is 12.8 Å². The van der Waals surface area contributed by atoms with Crippen LogP contribution in [-0.4, -0.2) is 12.1 Å². The van der Waals surface area contributed by atoms with Gasteiger partial charge in [-0.1, -0.05) is 0 Å². The average Bonchev–Trinajstić information content (AvgIpc) is 2.02. The van der Waals surface area contributed by atoms with Crippen LogP contribution in [0.3, 0.4) is 0 Å². The van der Waals surface area contributed by atoms with Crippen LogP contribution >= 0.6 is 0 Å². The predicted octanol–water partition coefficient (Wildman–Crippen LogP) is 1.64. The van der Waals surface area contributed by atoms with Crippen molar-refractivity contribution in [1.82, 2.24) is 9.82 Å². The summed E-state index contributed by atoms with van der Waals surface area (Å²) in [5, 5.41) is 7.26. The maximum absolute atomic E-state index is 6.49. The van der Waals surface area contributed by atoms with E-state index < -0.39 is 0 Å². The molecule has 0 spiro atoms. The molecule has 0 aromatic heterocycles. The topological polar surface area (TPSA) is 101 Å². The molecule has 2 atom stereocenters. The number of nitrogens with one attached hydrogen (secondary N) is 2. The molecule has 6 nitrogen and oxygen atoms in total. The van der Waals surface area contributed by atoms with Gasteiger partial charge in [0.15, 0.2) is 0 Å². The van der Waals surface area contributed by atoms with Crippen molar-refractivity contribution in [3.8, 4) is 0 Å². The van der Waals surface area contributed by atoms with E-state index in [9.17, 15) is 0 Å². The standard InChI is InChI=1S/C6H14N6/c1-5(9-11-7)3-4-6(2)10-12-8/h5-8H,3-4H2,1-2H3/q+2. The van der Waals surface area contributed by atoms with Crippen molar-refractivity contribution in [2.45, 2.75) is 38.8 Å². The molecule has 0 aliphatic rings. The van der Waals surface area contributed by atoms with Crippen LogP contribution < -0.4 is 9.82 Å². The van der Waals surface area contributed by atoms with Gasteiger partial charge in [0, 0.05) is 0 Å². The Hall–Kier alpha value is -1.38. The van der Waals surface area contributed by atoms with Crippen LogP contribution in [0, 0.1) is 11.1 Å². The second-order valence-corrected chi connectivity index (χ2v) is 2.71. The Kier molecular flexibility index (Phi) is 5.61. The molecular formula is C6H14N6+2. The molecule has 12 heavy (non-hydrogen) atoms. The molecule has 2 unspecified atom stereocenters. The number of hydrogen-bond acceptors (Lipinski definition) is 4. The van der Waals surface area contributed by atoms with Crippen molar-refractivity contribution >= 4 is 0 Å². The second-order valence-electron chi connectivity index (χ2n) is 2.71. The van der Waals surface area contributed by atoms with Crippen LogP contribution in [0.1, 0.15) is 26.7 Å². The quantitative estimate of drug-likeness (QED) is 0.463. The van der Waals surface area contributed by atoms with Crippen LogP contribution in [0.5, 0.6) is 0 Å². The Labute approximate surface area is 70.8 Å². The Balaban J connectivity index is 3.66. The minimum Gasteiger partial charge on any atom is -0.0354 e. The van der Waals surface area contributed by atoms with Gasteiger partial charge in [-0.15, -0.1) is 0 Å². The van der Waals surface area contributed by atoms with Gasteiger partial charge in [-0.3, -0.25) is 0 Å². The first-order valence-corrected chi connectivity index (χ1v) is 3.83. The van der Waals surface area contributed by atoms with E-state index >= 15 is 0 Å². The van der Waals surface area contributed by atoms with Crippen molar-refractivity contribution in [2.24, 2.45) is 10.2 Å². The van der Waals surface area contributed by atoms with E-state index in [0.29, 0.717) is 0 Å². The summed E-state index contributed by atoms with van der Waals surface area (Å²) in [4.78, 5) is 5.89. The molecule has 66 valence electrons. The number of hydrogen-bond donors (Lipinski definition) is 2. The fraction of sp³-hybridized carbons (Fsp3) is 1.00. The fourth-order valence-electron chi connectivity index (χ4n) is 0.795. The third-order valence-electron chi connectivity index (χ3n) is 1.51. The maximum Gasteiger partial charge on any atom is 0.214 e. The highest BCUT2D eigenvalue weighted by Crippen LogP contribution is 2.05. The van der Waals surface area contributed by atoms with E-state index in [1.807, 2.05) is 13.8 Å². The van der Waals surface area contributed by atoms with E-state index in [4.69, 9.17) is 11.1 Å². The van der Waals surface area contributed by atoms with Crippen LogP contribution in [0.15, 0.2) is 10.2 Å². The fourth-order valence-corrected chi connectivity index (χ4v) is 0.795. The highest BCUT2D eigenvalue weighted by atomic mass is 15.2. The third kappa shape index (κ3) is 5.41. The van der Waals surface area contributed by atoms with Gasteiger partial charge >= 0.3 is 0 Å². The maximum atomic E-state index is 6.49. The molecule has 0 aromatic rings. The zero-order valence-electron chi connectivity index (χ0n) is 7.36. The van der Waals surface area contributed by atoms with Crippen LogP contribution in [-0.2, 0) is 0 Å². The summed E-state index contributed by atoms with van der Waals surface area (Å²) < 4.78 is 0. The summed E-state index contributed by atoms with van der Waals surface area (Å²) >= 11 is 0. The third-order valence-corrected chi connectivity index (χ3v) is 1.51. The lowest BCUT2D eigenvalue weighted by atomic mass is 10.1. The molecule has 6 heteroatoms. The summed E-state index contributed by atoms with van der Waals surface area (Å²) in [6.45, 7) is 3.78. The molecule has 0 aromatic carbocycles. The van der Waals surface area contributed by atoms with Crippen LogP contribution in [0.25, 0.3) is 0 Å². The molecule has 0 fully saturated rings. The average molecular weight is 170 g/mol. The monoisotopic (exact) mass is 170 g/mol. The molecule has 0 bridgehead atoms. The smallest absolute Gasteiger partial charge is 0.0354 e. The summed E-state index contributed by atoms with van der Waals surface area (Å²) in [6, 6.07) is 0.122. The molecule has 0 rings (SSSR count). The molecule has 0 radical (unpaired) electrons. The molecule has 0 saturated heterocycles. The molecule has 2 N–H and O–H groups in total. The lowest BCUT2D eigenvalue weighted by Gasteiger charge is -1.97. The molecule has 0 heterocycles. The lowest BCUT2D eigenvalue weighted by molar-refractivity contribution is 0.528. The van der Waals surface area contributed by atoms with Crippen molar-refractivity contribution < 1.29 is 0 Å². The largest absolute Gasteiger partial charge is 0.214 e. The molecule has 0 amide bonds. The highest BCUT2D eigenvalue weighted by Gasteiger charge is 2.10. The number of nitrogens with zero attached hydrogens (tertiary/aromatic N) is 4. The molecule has 0 aliphatic carbocycles. The first-order valence-electron chi connectivity index (χ1n) is 3.83. The minimum atomic E-state index is 0.0610. The SMILES string of the molecule is CC(CCC(C)N=[N+]=N)N=[N+]=N. The summed E-state index contributed by atoms with van der Waals surface area (Å²) in [5.74, 6) is 0. The zero-order valence-corrected chi connectivity index (χ0v) is 7.36. The van der Waals surface area contributed by atoms with E-state index in [1.54, 1.807) is 0 Å². The number of rotatable bonds is 5. The Morgan fingerprint density at radius 2 is 1.33 bits per heavy atom. The summed E-state index contributed by atoms with van der Waals surface area (Å²) in [5.41, 5.74) is 13.0. The summed E-state index contributed by atoms with van der Waals surface area (Å²) in [6.07, 6.45) is 1.64. The van der Waals surface area contributed by atoms with Crippen molar-refractivity contribution in [1.29, 1.82) is 11.1 Å². The predicted molar refractivity (Wildman–Crippen MR) is 42.7 cm³/mol. The van der Waals surface area contributed by atoms with Crippen LogP contribution in [0.2, 0.25) is 0 Å². The van der Waals surface area contributed by atoms with E-state index in [2.05, 4.69) is 20.1 Å². The van der Waals surface area contributed by atoms with Gasteiger partial charge in [0.1, 0.15) is 33.4 Å². The van der Waals surface area contributed by atoms with Gasteiger partial charge in [0.05, 0.1) is 0 Å². The Bertz CT molecular complexity index is 188.